The van der Waals surface area contributed by atoms with Crippen LogP contribution in [0.4, 0.5) is 0 Å². The predicted molar refractivity (Wildman–Crippen MR) is 228 cm³/mol. The highest BCUT2D eigenvalue weighted by atomic mass is 15.2. The zero-order valence-corrected chi connectivity index (χ0v) is 27.7. The normalized spacial score (nSPS) is 18.5. The van der Waals surface area contributed by atoms with E-state index in [0.717, 1.165) is 4.57 Å². The lowest BCUT2D eigenvalue weighted by Crippen LogP contribution is -2.07. The van der Waals surface area contributed by atoms with Crippen LogP contribution >= 0.6 is 0 Å². The molecule has 4 nitrogen and oxygen atoms in total. The number of benzene rings is 9. The Morgan fingerprint density at radius 2 is 0.927 bits per heavy atom. The van der Waals surface area contributed by atoms with E-state index in [0.29, 0.717) is 0 Å². The second-order valence-corrected chi connectivity index (χ2v) is 11.9. The Bertz CT molecular complexity index is 4760. The number of para-hydroxylation sites is 2. The van der Waals surface area contributed by atoms with E-state index in [1.165, 1.54) is 12.1 Å². The molecule has 0 radical (unpaired) electrons. The standard InChI is InChI=1S/C51H32N4/c1-3-15-33(16-4-1)35-19-13-20-36(31-35)38-26-14-27-45-44-25-11-12-28-47(44)55(48(38)45)51-53-49(34-17-5-2-6-18-34)52-50(54-51)37-29-30-43-41-23-8-7-21-39(41)40-22-9-10-24-42(40)46(43)32-37/h1-32H/i1D,3D,4D,7D,8D,9D,10D,11D,12D,13D,14D,15D,16D,19D,20D,21D,22D,23D,24D,25D,26D,27D,28D,29D,30D,31D,32D. The number of hydrogen-bond donors (Lipinski definition) is 0. The molecular weight excluding hydrogens is 669 g/mol. The number of fused-ring (bicyclic) bond motifs is 9. The zero-order valence-electron chi connectivity index (χ0n) is 54.7. The molecule has 0 saturated heterocycles. The molecule has 4 heteroatoms. The SMILES string of the molecule is [2H]c1c([2H])c([2H])c(-c2c([2H])c([2H])c([2H])c(-c3c([2H])c([2H])c([2H])c4c5c([2H])c([2H])c([2H])c([2H])c5n(-c5nc(-c6ccccc6)nc(-c6c([2H])c([2H])c7c8c([2H])c([2H])c([2H])c([2H])c8c8c([2H])c([2H])c([2H])c([2H])c8c7c6[2H])n5)c34)c2[2H])c([2H])c1[2H]. The number of nitrogens with zero attached hydrogens (tertiary/aromatic N) is 4. The Balaban J connectivity index is 1.38. The molecule has 2 aromatic heterocycles. The summed E-state index contributed by atoms with van der Waals surface area (Å²) in [6, 6.07) is -15.8. The Morgan fingerprint density at radius 3 is 1.67 bits per heavy atom. The highest BCUT2D eigenvalue weighted by molar-refractivity contribution is 6.25. The van der Waals surface area contributed by atoms with Gasteiger partial charge in [0.1, 0.15) is 0 Å². The van der Waals surface area contributed by atoms with E-state index in [-0.39, 0.29) is 11.4 Å². The first-order valence-electron chi connectivity index (χ1n) is 29.9. The van der Waals surface area contributed by atoms with Crippen LogP contribution in [0.1, 0.15) is 37.0 Å². The number of hydrogen-bond acceptors (Lipinski definition) is 3. The highest BCUT2D eigenvalue weighted by Gasteiger charge is 2.21. The zero-order chi connectivity index (χ0) is 59.8. The van der Waals surface area contributed by atoms with Gasteiger partial charge in [-0.15, -0.1) is 0 Å². The van der Waals surface area contributed by atoms with Gasteiger partial charge in [0, 0.05) is 27.5 Å². The van der Waals surface area contributed by atoms with Crippen molar-refractivity contribution in [2.75, 3.05) is 0 Å². The molecule has 11 aromatic rings. The minimum absolute atomic E-state index is 0.160. The first kappa shape index (κ1) is 14.4. The molecule has 0 aliphatic heterocycles. The monoisotopic (exact) mass is 727 g/mol. The van der Waals surface area contributed by atoms with Crippen molar-refractivity contribution >= 4 is 54.1 Å². The lowest BCUT2D eigenvalue weighted by Gasteiger charge is -2.14. The molecule has 0 unspecified atom stereocenters. The van der Waals surface area contributed by atoms with Crippen molar-refractivity contribution < 1.29 is 37.0 Å². The van der Waals surface area contributed by atoms with Crippen LogP contribution in [-0.2, 0) is 0 Å². The maximum atomic E-state index is 9.99. The Kier molecular flexibility index (Phi) is 3.31. The maximum absolute atomic E-state index is 9.99. The third-order valence-corrected chi connectivity index (χ3v) is 8.86. The van der Waals surface area contributed by atoms with Crippen molar-refractivity contribution in [1.29, 1.82) is 0 Å². The predicted octanol–water partition coefficient (Wildman–Crippen LogP) is 13.1. The third kappa shape index (κ3) is 5.11. The summed E-state index contributed by atoms with van der Waals surface area (Å²) >= 11 is 0. The van der Waals surface area contributed by atoms with E-state index in [1.54, 1.807) is 18.2 Å². The molecular formula is C51H32N4. The van der Waals surface area contributed by atoms with Crippen molar-refractivity contribution in [1.82, 2.24) is 19.5 Å². The lowest BCUT2D eigenvalue weighted by molar-refractivity contribution is 0.954. The summed E-state index contributed by atoms with van der Waals surface area (Å²) < 4.78 is 245. The van der Waals surface area contributed by atoms with Crippen LogP contribution in [0, 0.1) is 0 Å². The summed E-state index contributed by atoms with van der Waals surface area (Å²) in [5.41, 5.74) is -4.82. The van der Waals surface area contributed by atoms with Crippen molar-refractivity contribution in [3.8, 4) is 51.0 Å². The first-order valence-corrected chi connectivity index (χ1v) is 16.4. The first-order chi connectivity index (χ1) is 38.5. The molecule has 0 atom stereocenters. The minimum Gasteiger partial charge on any atom is -0.277 e. The van der Waals surface area contributed by atoms with Crippen LogP contribution in [-0.4, -0.2) is 19.5 Å². The molecule has 0 bridgehead atoms. The van der Waals surface area contributed by atoms with Crippen LogP contribution < -0.4 is 0 Å². The van der Waals surface area contributed by atoms with Gasteiger partial charge in [0.2, 0.25) is 5.95 Å². The molecule has 0 saturated carbocycles. The topological polar surface area (TPSA) is 43.6 Å². The summed E-state index contributed by atoms with van der Waals surface area (Å²) in [5.74, 6) is -1.76. The molecule has 55 heavy (non-hydrogen) atoms. The van der Waals surface area contributed by atoms with Crippen molar-refractivity contribution in [2.45, 2.75) is 0 Å². The Hall–Kier alpha value is -7.43. The number of rotatable bonds is 5. The van der Waals surface area contributed by atoms with E-state index in [9.17, 15) is 13.7 Å². The molecule has 0 spiro atoms. The molecule has 2 heterocycles. The van der Waals surface area contributed by atoms with Gasteiger partial charge in [-0.2, -0.15) is 9.97 Å². The van der Waals surface area contributed by atoms with Gasteiger partial charge in [0.05, 0.1) is 48.0 Å². The van der Waals surface area contributed by atoms with Gasteiger partial charge in [-0.1, -0.05) is 175 Å². The second kappa shape index (κ2) is 12.6. The molecule has 11 rings (SSSR count). The molecule has 0 amide bonds. The summed E-state index contributed by atoms with van der Waals surface area (Å²) in [4.78, 5) is 14.1. The maximum Gasteiger partial charge on any atom is 0.238 e. The molecule has 0 N–H and O–H groups in total. The Labute approximate surface area is 355 Å². The highest BCUT2D eigenvalue weighted by Crippen LogP contribution is 2.40. The van der Waals surface area contributed by atoms with Crippen LogP contribution in [0.25, 0.3) is 105 Å². The summed E-state index contributed by atoms with van der Waals surface area (Å²) in [6.07, 6.45) is 0. The van der Waals surface area contributed by atoms with Crippen LogP contribution in [0.15, 0.2) is 193 Å². The molecule has 9 aromatic carbocycles. The fourth-order valence-electron chi connectivity index (χ4n) is 6.48. The van der Waals surface area contributed by atoms with Crippen LogP contribution in [0.3, 0.4) is 0 Å². The van der Waals surface area contributed by atoms with Gasteiger partial charge in [0.25, 0.3) is 0 Å². The minimum atomic E-state index is -1.02. The van der Waals surface area contributed by atoms with Crippen molar-refractivity contribution in [3.05, 3.63) is 193 Å². The van der Waals surface area contributed by atoms with Crippen LogP contribution in [0.2, 0.25) is 0 Å². The van der Waals surface area contributed by atoms with Crippen LogP contribution in [0.5, 0.6) is 0 Å². The fraction of sp³-hybridized carbons (Fsp3) is 0. The van der Waals surface area contributed by atoms with E-state index in [2.05, 4.69) is 4.98 Å². The largest absolute Gasteiger partial charge is 0.277 e. The molecule has 0 fully saturated rings. The average Bonchev–Trinajstić information content (AvgIpc) is 1.32. The van der Waals surface area contributed by atoms with E-state index in [4.69, 9.17) is 33.3 Å². The van der Waals surface area contributed by atoms with Gasteiger partial charge in [-0.25, -0.2) is 4.98 Å². The smallest absolute Gasteiger partial charge is 0.238 e. The van der Waals surface area contributed by atoms with E-state index < -0.39 is 257 Å². The molecule has 0 aliphatic carbocycles. The van der Waals surface area contributed by atoms with Crippen molar-refractivity contribution in [2.24, 2.45) is 0 Å². The average molecular weight is 728 g/mol. The Morgan fingerprint density at radius 1 is 0.364 bits per heavy atom. The van der Waals surface area contributed by atoms with E-state index in [1.807, 2.05) is 0 Å². The van der Waals surface area contributed by atoms with Gasteiger partial charge < -0.3 is 0 Å². The third-order valence-electron chi connectivity index (χ3n) is 8.86. The summed E-state index contributed by atoms with van der Waals surface area (Å²) in [7, 11) is 0. The van der Waals surface area contributed by atoms with E-state index >= 15 is 0 Å². The van der Waals surface area contributed by atoms with Gasteiger partial charge in [-0.05, 0) is 67.1 Å². The van der Waals surface area contributed by atoms with Gasteiger partial charge in [-0.3, -0.25) is 4.57 Å². The summed E-state index contributed by atoms with van der Waals surface area (Å²) in [6.45, 7) is 0. The fourth-order valence-corrected chi connectivity index (χ4v) is 6.48. The molecule has 0 aliphatic rings. The lowest BCUT2D eigenvalue weighted by atomic mass is 9.93. The van der Waals surface area contributed by atoms with Gasteiger partial charge >= 0.3 is 0 Å². The summed E-state index contributed by atoms with van der Waals surface area (Å²) in [5, 5.41) is -3.88. The second-order valence-electron chi connectivity index (χ2n) is 11.9. The number of aromatic nitrogens is 4. The van der Waals surface area contributed by atoms with Gasteiger partial charge in [0.15, 0.2) is 11.6 Å². The molecule has 256 valence electrons. The quantitative estimate of drug-likeness (QED) is 0.166. The van der Waals surface area contributed by atoms with Crippen molar-refractivity contribution in [3.63, 3.8) is 0 Å².